The molecule has 0 saturated heterocycles. The minimum Gasteiger partial charge on any atom is -0.332 e. The molecule has 0 amide bonds. The van der Waals surface area contributed by atoms with Crippen molar-refractivity contribution in [3.63, 3.8) is 0 Å². The molecule has 0 aliphatic heterocycles. The summed E-state index contributed by atoms with van der Waals surface area (Å²) in [6.45, 7) is 4.05. The van der Waals surface area contributed by atoms with E-state index in [2.05, 4.69) is 16.7 Å². The van der Waals surface area contributed by atoms with E-state index in [1.807, 2.05) is 50.2 Å². The van der Waals surface area contributed by atoms with Crippen molar-refractivity contribution in [1.29, 1.82) is 0 Å². The van der Waals surface area contributed by atoms with E-state index in [4.69, 9.17) is 12.2 Å². The first-order chi connectivity index (χ1) is 12.9. The van der Waals surface area contributed by atoms with Crippen LogP contribution in [0.2, 0.25) is 0 Å². The van der Waals surface area contributed by atoms with Crippen molar-refractivity contribution in [2.75, 3.05) is 10.6 Å². The fourth-order valence-corrected chi connectivity index (χ4v) is 2.99. The summed E-state index contributed by atoms with van der Waals surface area (Å²) in [4.78, 5) is 10.8. The molecule has 27 heavy (non-hydrogen) atoms. The normalized spacial score (nSPS) is 10.3. The van der Waals surface area contributed by atoms with Crippen LogP contribution in [0.15, 0.2) is 66.7 Å². The SMILES string of the molecule is Cc1ccc(C)c(NC(=S)Nc2ccc(-c3ccccc3[N+](=O)[O-])cc2)c1. The third-order valence-corrected chi connectivity index (χ3v) is 4.40. The number of nitrogens with zero attached hydrogens (tertiary/aromatic N) is 1. The summed E-state index contributed by atoms with van der Waals surface area (Å²) >= 11 is 5.39. The van der Waals surface area contributed by atoms with Crippen LogP contribution in [0.4, 0.5) is 17.1 Å². The van der Waals surface area contributed by atoms with Gasteiger partial charge in [0.2, 0.25) is 0 Å². The smallest absolute Gasteiger partial charge is 0.277 e. The minimum atomic E-state index is -0.370. The summed E-state index contributed by atoms with van der Waals surface area (Å²) in [6.07, 6.45) is 0. The van der Waals surface area contributed by atoms with Gasteiger partial charge in [0.15, 0.2) is 5.11 Å². The molecule has 0 aromatic heterocycles. The molecule has 0 atom stereocenters. The van der Waals surface area contributed by atoms with Crippen LogP contribution >= 0.6 is 12.2 Å². The molecule has 3 rings (SSSR count). The van der Waals surface area contributed by atoms with Gasteiger partial charge < -0.3 is 10.6 Å². The Morgan fingerprint density at radius 1 is 0.963 bits per heavy atom. The Bertz CT molecular complexity index is 1000. The Morgan fingerprint density at radius 2 is 1.67 bits per heavy atom. The van der Waals surface area contributed by atoms with Crippen molar-refractivity contribution in [3.05, 3.63) is 88.0 Å². The van der Waals surface area contributed by atoms with Crippen LogP contribution in [0.1, 0.15) is 11.1 Å². The van der Waals surface area contributed by atoms with Crippen molar-refractivity contribution in [1.82, 2.24) is 0 Å². The van der Waals surface area contributed by atoms with E-state index in [0.717, 1.165) is 28.1 Å². The van der Waals surface area contributed by atoms with E-state index in [0.29, 0.717) is 10.7 Å². The van der Waals surface area contributed by atoms with Crippen molar-refractivity contribution in [3.8, 4) is 11.1 Å². The second kappa shape index (κ2) is 7.97. The summed E-state index contributed by atoms with van der Waals surface area (Å²) in [5.41, 5.74) is 5.48. The standard InChI is InChI=1S/C21H19N3O2S/c1-14-7-8-15(2)19(13-14)23-21(27)22-17-11-9-16(10-12-17)18-5-3-4-6-20(18)24(25)26/h3-13H,1-2H3,(H2,22,23,27). The summed E-state index contributed by atoms with van der Waals surface area (Å²) in [5, 5.41) is 18.0. The van der Waals surface area contributed by atoms with Crippen LogP contribution in [0.5, 0.6) is 0 Å². The number of hydrogen-bond acceptors (Lipinski definition) is 3. The first kappa shape index (κ1) is 18.5. The predicted octanol–water partition coefficient (Wildman–Crippen LogP) is 5.69. The zero-order valence-electron chi connectivity index (χ0n) is 15.0. The maximum Gasteiger partial charge on any atom is 0.277 e. The minimum absolute atomic E-state index is 0.0883. The van der Waals surface area contributed by atoms with Gasteiger partial charge in [0.25, 0.3) is 5.69 Å². The fourth-order valence-electron chi connectivity index (χ4n) is 2.77. The van der Waals surface area contributed by atoms with Gasteiger partial charge in [-0.1, -0.05) is 36.4 Å². The van der Waals surface area contributed by atoms with Crippen molar-refractivity contribution in [2.45, 2.75) is 13.8 Å². The van der Waals surface area contributed by atoms with Crippen molar-refractivity contribution >= 4 is 34.4 Å². The maximum absolute atomic E-state index is 11.2. The fraction of sp³-hybridized carbons (Fsp3) is 0.0952. The molecule has 0 fully saturated rings. The van der Waals surface area contributed by atoms with Gasteiger partial charge in [0, 0.05) is 17.4 Å². The highest BCUT2D eigenvalue weighted by Crippen LogP contribution is 2.30. The third kappa shape index (κ3) is 4.48. The van der Waals surface area contributed by atoms with Gasteiger partial charge in [-0.15, -0.1) is 0 Å². The van der Waals surface area contributed by atoms with E-state index in [1.165, 1.54) is 6.07 Å². The van der Waals surface area contributed by atoms with Crippen molar-refractivity contribution in [2.24, 2.45) is 0 Å². The van der Waals surface area contributed by atoms with E-state index < -0.39 is 0 Å². The van der Waals surface area contributed by atoms with Gasteiger partial charge >= 0.3 is 0 Å². The summed E-state index contributed by atoms with van der Waals surface area (Å²) in [6, 6.07) is 20.2. The van der Waals surface area contributed by atoms with Crippen molar-refractivity contribution < 1.29 is 4.92 Å². The topological polar surface area (TPSA) is 67.2 Å². The Morgan fingerprint density at radius 3 is 2.37 bits per heavy atom. The Labute approximate surface area is 163 Å². The molecule has 0 saturated carbocycles. The summed E-state index contributed by atoms with van der Waals surface area (Å²) in [7, 11) is 0. The largest absolute Gasteiger partial charge is 0.332 e. The lowest BCUT2D eigenvalue weighted by atomic mass is 10.0. The zero-order chi connectivity index (χ0) is 19.4. The number of thiocarbonyl (C=S) groups is 1. The van der Waals surface area contributed by atoms with Crippen LogP contribution in [0.3, 0.4) is 0 Å². The van der Waals surface area contributed by atoms with Gasteiger partial charge in [0.05, 0.1) is 10.5 Å². The molecule has 136 valence electrons. The number of aryl methyl sites for hydroxylation is 2. The van der Waals surface area contributed by atoms with Gasteiger partial charge in [-0.05, 0) is 67.0 Å². The highest BCUT2D eigenvalue weighted by atomic mass is 32.1. The van der Waals surface area contributed by atoms with E-state index in [-0.39, 0.29) is 10.6 Å². The summed E-state index contributed by atoms with van der Waals surface area (Å²) < 4.78 is 0. The first-order valence-electron chi connectivity index (χ1n) is 8.43. The number of nitro benzene ring substituents is 1. The molecule has 6 heteroatoms. The molecular weight excluding hydrogens is 358 g/mol. The monoisotopic (exact) mass is 377 g/mol. The number of nitro groups is 1. The molecule has 0 spiro atoms. The van der Waals surface area contributed by atoms with Crippen LogP contribution in [0, 0.1) is 24.0 Å². The van der Waals surface area contributed by atoms with Crippen LogP contribution < -0.4 is 10.6 Å². The highest BCUT2D eigenvalue weighted by molar-refractivity contribution is 7.80. The number of nitrogens with one attached hydrogen (secondary N) is 2. The average Bonchev–Trinajstić information content (AvgIpc) is 2.65. The van der Waals surface area contributed by atoms with Crippen LogP contribution in [0.25, 0.3) is 11.1 Å². The van der Waals surface area contributed by atoms with Crippen LogP contribution in [-0.2, 0) is 0 Å². The number of para-hydroxylation sites is 1. The van der Waals surface area contributed by atoms with Gasteiger partial charge in [-0.25, -0.2) is 0 Å². The molecule has 0 unspecified atom stereocenters. The van der Waals surface area contributed by atoms with E-state index in [1.54, 1.807) is 18.2 Å². The van der Waals surface area contributed by atoms with Crippen LogP contribution in [-0.4, -0.2) is 10.0 Å². The maximum atomic E-state index is 11.2. The lowest BCUT2D eigenvalue weighted by molar-refractivity contribution is -0.384. The van der Waals surface area contributed by atoms with Gasteiger partial charge in [-0.2, -0.15) is 0 Å². The summed E-state index contributed by atoms with van der Waals surface area (Å²) in [5.74, 6) is 0. The molecule has 0 heterocycles. The predicted molar refractivity (Wildman–Crippen MR) is 114 cm³/mol. The molecule has 0 aliphatic rings. The van der Waals surface area contributed by atoms with E-state index in [9.17, 15) is 10.1 Å². The Kier molecular flexibility index (Phi) is 5.47. The number of anilines is 2. The molecule has 0 radical (unpaired) electrons. The molecule has 3 aromatic carbocycles. The number of rotatable bonds is 4. The molecule has 2 N–H and O–H groups in total. The zero-order valence-corrected chi connectivity index (χ0v) is 15.8. The first-order valence-corrected chi connectivity index (χ1v) is 8.84. The highest BCUT2D eigenvalue weighted by Gasteiger charge is 2.13. The number of hydrogen-bond donors (Lipinski definition) is 2. The lowest BCUT2D eigenvalue weighted by Crippen LogP contribution is -2.19. The van der Waals surface area contributed by atoms with Gasteiger partial charge in [-0.3, -0.25) is 10.1 Å². The molecular formula is C21H19N3O2S. The molecule has 3 aromatic rings. The molecule has 5 nitrogen and oxygen atoms in total. The average molecular weight is 377 g/mol. The van der Waals surface area contributed by atoms with Gasteiger partial charge in [0.1, 0.15) is 0 Å². The quantitative estimate of drug-likeness (QED) is 0.347. The second-order valence-corrected chi connectivity index (χ2v) is 6.66. The van der Waals surface area contributed by atoms with E-state index >= 15 is 0 Å². The molecule has 0 bridgehead atoms. The number of benzene rings is 3. The second-order valence-electron chi connectivity index (χ2n) is 6.25. The Hall–Kier alpha value is -3.25. The lowest BCUT2D eigenvalue weighted by Gasteiger charge is -2.13. The molecule has 0 aliphatic carbocycles. The third-order valence-electron chi connectivity index (χ3n) is 4.20. The Balaban J connectivity index is 1.74.